The average Bonchev–Trinajstić information content (AvgIpc) is 3.27. The van der Waals surface area contributed by atoms with E-state index in [1.165, 1.54) is 4.90 Å². The minimum atomic E-state index is -0.118. The average molecular weight is 341 g/mol. The lowest BCUT2D eigenvalue weighted by molar-refractivity contribution is -0.139. The molecule has 2 saturated carbocycles. The van der Waals surface area contributed by atoms with Gasteiger partial charge in [0, 0.05) is 24.6 Å². The highest BCUT2D eigenvalue weighted by molar-refractivity contribution is 6.01. The van der Waals surface area contributed by atoms with Crippen LogP contribution in [0.5, 0.6) is 0 Å². The Morgan fingerprint density at radius 3 is 2.32 bits per heavy atom. The summed E-state index contributed by atoms with van der Waals surface area (Å²) in [4.78, 5) is 37.2. The molecule has 1 saturated heterocycles. The van der Waals surface area contributed by atoms with E-state index in [0.717, 1.165) is 30.5 Å². The van der Waals surface area contributed by atoms with Crippen LogP contribution in [-0.2, 0) is 20.9 Å². The summed E-state index contributed by atoms with van der Waals surface area (Å²) in [5, 5.41) is 2.97. The molecule has 1 aliphatic heterocycles. The van der Waals surface area contributed by atoms with Crippen LogP contribution < -0.4 is 11.1 Å². The van der Waals surface area contributed by atoms with Crippen LogP contribution in [0.4, 0.5) is 5.69 Å². The topological polar surface area (TPSA) is 92.5 Å². The molecule has 132 valence electrons. The van der Waals surface area contributed by atoms with Gasteiger partial charge >= 0.3 is 0 Å². The molecule has 2 aliphatic carbocycles. The molecule has 1 heterocycles. The van der Waals surface area contributed by atoms with Crippen molar-refractivity contribution in [3.05, 3.63) is 29.8 Å². The first-order valence-corrected chi connectivity index (χ1v) is 9.01. The fourth-order valence-electron chi connectivity index (χ4n) is 4.63. The zero-order valence-electron chi connectivity index (χ0n) is 14.1. The SMILES string of the molecule is NC1C2CCC(C2)C1C(=O)Nc1ccc(CN2C(=O)CCC2=O)cc1. The lowest BCUT2D eigenvalue weighted by atomic mass is 9.84. The lowest BCUT2D eigenvalue weighted by Crippen LogP contribution is -2.42. The number of anilines is 1. The monoisotopic (exact) mass is 341 g/mol. The van der Waals surface area contributed by atoms with Gasteiger partial charge in [0.25, 0.3) is 0 Å². The van der Waals surface area contributed by atoms with Gasteiger partial charge in [0.05, 0.1) is 12.5 Å². The zero-order valence-corrected chi connectivity index (χ0v) is 14.1. The molecular weight excluding hydrogens is 318 g/mol. The first-order chi connectivity index (χ1) is 12.0. The smallest absolute Gasteiger partial charge is 0.229 e. The van der Waals surface area contributed by atoms with E-state index >= 15 is 0 Å². The zero-order chi connectivity index (χ0) is 17.6. The Hall–Kier alpha value is -2.21. The number of fused-ring (bicyclic) bond motifs is 2. The summed E-state index contributed by atoms with van der Waals surface area (Å²) in [5.41, 5.74) is 7.83. The van der Waals surface area contributed by atoms with E-state index in [1.807, 2.05) is 24.3 Å². The van der Waals surface area contributed by atoms with Crippen LogP contribution in [0.2, 0.25) is 0 Å². The maximum Gasteiger partial charge on any atom is 0.229 e. The first kappa shape index (κ1) is 16.3. The van der Waals surface area contributed by atoms with Crippen molar-refractivity contribution < 1.29 is 14.4 Å². The third kappa shape index (κ3) is 2.95. The Kier molecular flexibility index (Phi) is 4.07. The maximum atomic E-state index is 12.6. The molecule has 3 N–H and O–H groups in total. The van der Waals surface area contributed by atoms with Crippen molar-refractivity contribution in [2.75, 3.05) is 5.32 Å². The largest absolute Gasteiger partial charge is 0.327 e. The number of benzene rings is 1. The van der Waals surface area contributed by atoms with Crippen molar-refractivity contribution in [1.82, 2.24) is 4.90 Å². The van der Waals surface area contributed by atoms with Gasteiger partial charge in [-0.3, -0.25) is 19.3 Å². The molecule has 4 atom stereocenters. The van der Waals surface area contributed by atoms with E-state index in [-0.39, 0.29) is 29.7 Å². The van der Waals surface area contributed by atoms with Crippen molar-refractivity contribution in [1.29, 1.82) is 0 Å². The predicted molar refractivity (Wildman–Crippen MR) is 92.2 cm³/mol. The third-order valence-electron chi connectivity index (χ3n) is 6.00. The minimum absolute atomic E-state index is 0.0114. The molecule has 2 bridgehead atoms. The number of carbonyl (C=O) groups excluding carboxylic acids is 3. The molecule has 4 unspecified atom stereocenters. The number of hydrogen-bond acceptors (Lipinski definition) is 4. The Labute approximate surface area is 146 Å². The van der Waals surface area contributed by atoms with Crippen LogP contribution in [0.25, 0.3) is 0 Å². The van der Waals surface area contributed by atoms with E-state index in [1.54, 1.807) is 0 Å². The van der Waals surface area contributed by atoms with E-state index in [2.05, 4.69) is 5.32 Å². The number of imide groups is 1. The van der Waals surface area contributed by atoms with Gasteiger partial charge in [-0.1, -0.05) is 12.1 Å². The normalized spacial score (nSPS) is 31.0. The number of rotatable bonds is 4. The molecule has 1 aromatic carbocycles. The van der Waals surface area contributed by atoms with Crippen molar-refractivity contribution >= 4 is 23.4 Å². The van der Waals surface area contributed by atoms with E-state index in [9.17, 15) is 14.4 Å². The summed E-state index contributed by atoms with van der Waals surface area (Å²) < 4.78 is 0. The quantitative estimate of drug-likeness (QED) is 0.815. The summed E-state index contributed by atoms with van der Waals surface area (Å²) >= 11 is 0. The minimum Gasteiger partial charge on any atom is -0.327 e. The molecule has 0 radical (unpaired) electrons. The Morgan fingerprint density at radius 1 is 1.08 bits per heavy atom. The van der Waals surface area contributed by atoms with Gasteiger partial charge in [-0.25, -0.2) is 0 Å². The fourth-order valence-corrected chi connectivity index (χ4v) is 4.63. The number of amides is 3. The first-order valence-electron chi connectivity index (χ1n) is 9.01. The number of hydrogen-bond donors (Lipinski definition) is 2. The molecule has 4 rings (SSSR count). The Balaban J connectivity index is 1.38. The highest BCUT2D eigenvalue weighted by atomic mass is 16.2. The molecule has 6 heteroatoms. The summed E-state index contributed by atoms with van der Waals surface area (Å²) in [6.07, 6.45) is 3.94. The summed E-state index contributed by atoms with van der Waals surface area (Å²) in [6.45, 7) is 0.295. The van der Waals surface area contributed by atoms with Crippen molar-refractivity contribution in [3.8, 4) is 0 Å². The number of nitrogens with zero attached hydrogens (tertiary/aromatic N) is 1. The second-order valence-electron chi connectivity index (χ2n) is 7.50. The number of nitrogens with one attached hydrogen (secondary N) is 1. The summed E-state index contributed by atoms with van der Waals surface area (Å²) in [5.74, 6) is 0.612. The second kappa shape index (κ2) is 6.26. The molecule has 6 nitrogen and oxygen atoms in total. The van der Waals surface area contributed by atoms with Gasteiger partial charge in [-0.15, -0.1) is 0 Å². The molecule has 3 aliphatic rings. The third-order valence-corrected chi connectivity index (χ3v) is 6.00. The fraction of sp³-hybridized carbons (Fsp3) is 0.526. The molecule has 3 fully saturated rings. The van der Waals surface area contributed by atoms with Gasteiger partial charge in [0.15, 0.2) is 0 Å². The van der Waals surface area contributed by atoms with Gasteiger partial charge < -0.3 is 11.1 Å². The van der Waals surface area contributed by atoms with Crippen molar-refractivity contribution in [2.24, 2.45) is 23.5 Å². The highest BCUT2D eigenvalue weighted by Gasteiger charge is 2.49. The lowest BCUT2D eigenvalue weighted by Gasteiger charge is -2.27. The molecule has 0 aromatic heterocycles. The summed E-state index contributed by atoms with van der Waals surface area (Å²) in [6, 6.07) is 7.29. The second-order valence-corrected chi connectivity index (χ2v) is 7.50. The predicted octanol–water partition coefficient (Wildman–Crippen LogP) is 1.65. The number of carbonyl (C=O) groups is 3. The van der Waals surface area contributed by atoms with Crippen LogP contribution in [0.1, 0.15) is 37.7 Å². The van der Waals surface area contributed by atoms with E-state index < -0.39 is 0 Å². The molecule has 25 heavy (non-hydrogen) atoms. The van der Waals surface area contributed by atoms with Crippen LogP contribution in [-0.4, -0.2) is 28.7 Å². The molecule has 3 amide bonds. The van der Waals surface area contributed by atoms with Gasteiger partial charge in [0.1, 0.15) is 0 Å². The highest BCUT2D eigenvalue weighted by Crippen LogP contribution is 2.47. The van der Waals surface area contributed by atoms with Crippen LogP contribution in [0, 0.1) is 17.8 Å². The van der Waals surface area contributed by atoms with Crippen molar-refractivity contribution in [3.63, 3.8) is 0 Å². The maximum absolute atomic E-state index is 12.6. The van der Waals surface area contributed by atoms with E-state index in [4.69, 9.17) is 5.73 Å². The molecule has 0 spiro atoms. The Morgan fingerprint density at radius 2 is 1.72 bits per heavy atom. The number of nitrogens with two attached hydrogens (primary N) is 1. The standard InChI is InChI=1S/C19H23N3O3/c20-18-13-4-3-12(9-13)17(18)19(25)21-14-5-1-11(2-6-14)10-22-15(23)7-8-16(22)24/h1-2,5-6,12-13,17-18H,3-4,7-10,20H2,(H,21,25). The van der Waals surface area contributed by atoms with Crippen molar-refractivity contribution in [2.45, 2.75) is 44.7 Å². The van der Waals surface area contributed by atoms with Gasteiger partial charge in [-0.2, -0.15) is 0 Å². The van der Waals surface area contributed by atoms with Gasteiger partial charge in [0.2, 0.25) is 17.7 Å². The summed E-state index contributed by atoms with van der Waals surface area (Å²) in [7, 11) is 0. The van der Waals surface area contributed by atoms with Gasteiger partial charge in [-0.05, 0) is 48.8 Å². The van der Waals surface area contributed by atoms with E-state index in [0.29, 0.717) is 31.2 Å². The molecule has 1 aromatic rings. The van der Waals surface area contributed by atoms with Crippen LogP contribution in [0.3, 0.4) is 0 Å². The van der Waals surface area contributed by atoms with Crippen LogP contribution >= 0.6 is 0 Å². The van der Waals surface area contributed by atoms with Crippen LogP contribution in [0.15, 0.2) is 24.3 Å². The molecular formula is C19H23N3O3. The Bertz CT molecular complexity index is 697. The number of likely N-dealkylation sites (tertiary alicyclic amines) is 1.